The number of carbonyl (C=O) groups excluding carboxylic acids is 2. The van der Waals surface area contributed by atoms with E-state index in [1.54, 1.807) is 0 Å². The average Bonchev–Trinajstić information content (AvgIpc) is 2.58. The van der Waals surface area contributed by atoms with E-state index in [2.05, 4.69) is 10.6 Å². The highest BCUT2D eigenvalue weighted by Gasteiger charge is 2.09. The van der Waals surface area contributed by atoms with Gasteiger partial charge >= 0.3 is 0 Å². The van der Waals surface area contributed by atoms with E-state index in [4.69, 9.17) is 0 Å². The molecule has 4 heteroatoms. The lowest BCUT2D eigenvalue weighted by atomic mass is 10.1. The second-order valence-corrected chi connectivity index (χ2v) is 5.88. The van der Waals surface area contributed by atoms with Crippen LogP contribution in [-0.2, 0) is 16.0 Å². The van der Waals surface area contributed by atoms with Crippen molar-refractivity contribution >= 4 is 17.5 Å². The number of hydrogen-bond acceptors (Lipinski definition) is 2. The second kappa shape index (κ2) is 8.87. The zero-order valence-corrected chi connectivity index (χ0v) is 14.3. The van der Waals surface area contributed by atoms with Gasteiger partial charge in [0.05, 0.1) is 0 Å². The molecule has 2 amide bonds. The van der Waals surface area contributed by atoms with Gasteiger partial charge < -0.3 is 10.6 Å². The first-order valence-corrected chi connectivity index (χ1v) is 8.23. The van der Waals surface area contributed by atoms with Gasteiger partial charge in [0.1, 0.15) is 0 Å². The molecule has 0 aliphatic carbocycles. The zero-order valence-electron chi connectivity index (χ0n) is 14.3. The first-order valence-electron chi connectivity index (χ1n) is 8.23. The average molecular weight is 324 g/mol. The topological polar surface area (TPSA) is 58.2 Å². The first-order chi connectivity index (χ1) is 11.6. The zero-order chi connectivity index (χ0) is 17.4. The third-order valence-corrected chi connectivity index (χ3v) is 4.04. The summed E-state index contributed by atoms with van der Waals surface area (Å²) in [4.78, 5) is 23.8. The van der Waals surface area contributed by atoms with Crippen molar-refractivity contribution < 1.29 is 9.59 Å². The van der Waals surface area contributed by atoms with E-state index in [1.165, 1.54) is 5.56 Å². The number of carbonyl (C=O) groups is 2. The molecule has 0 saturated heterocycles. The summed E-state index contributed by atoms with van der Waals surface area (Å²) in [5, 5.41) is 5.72. The molecule has 2 aromatic rings. The summed E-state index contributed by atoms with van der Waals surface area (Å²) >= 11 is 0. The van der Waals surface area contributed by atoms with E-state index < -0.39 is 0 Å². The number of rotatable bonds is 7. The smallest absolute Gasteiger partial charge is 0.224 e. The maximum Gasteiger partial charge on any atom is 0.224 e. The molecule has 0 heterocycles. The minimum Gasteiger partial charge on any atom is -0.356 e. The van der Waals surface area contributed by atoms with Gasteiger partial charge in [-0.15, -0.1) is 0 Å². The number of amides is 2. The molecule has 0 fully saturated rings. The Morgan fingerprint density at radius 3 is 2.33 bits per heavy atom. The van der Waals surface area contributed by atoms with Gasteiger partial charge in [0, 0.05) is 25.1 Å². The van der Waals surface area contributed by atoms with Crippen molar-refractivity contribution in [2.75, 3.05) is 11.9 Å². The van der Waals surface area contributed by atoms with Crippen LogP contribution in [0, 0.1) is 13.8 Å². The van der Waals surface area contributed by atoms with Gasteiger partial charge in [-0.1, -0.05) is 42.5 Å². The number of nitrogens with one attached hydrogen (secondary N) is 2. The quantitative estimate of drug-likeness (QED) is 0.820. The number of hydrogen-bond donors (Lipinski definition) is 2. The van der Waals surface area contributed by atoms with Crippen LogP contribution < -0.4 is 10.6 Å². The van der Waals surface area contributed by atoms with Crippen molar-refractivity contribution in [1.29, 1.82) is 0 Å². The Morgan fingerprint density at radius 1 is 0.875 bits per heavy atom. The van der Waals surface area contributed by atoms with Crippen LogP contribution in [0.1, 0.15) is 29.5 Å². The van der Waals surface area contributed by atoms with Crippen LogP contribution in [-0.4, -0.2) is 18.4 Å². The third-order valence-electron chi connectivity index (χ3n) is 4.04. The second-order valence-electron chi connectivity index (χ2n) is 5.88. The Bertz CT molecular complexity index is 696. The molecule has 0 saturated carbocycles. The highest BCUT2D eigenvalue weighted by molar-refractivity contribution is 5.93. The Labute approximate surface area is 143 Å². The van der Waals surface area contributed by atoms with E-state index in [-0.39, 0.29) is 24.7 Å². The van der Waals surface area contributed by atoms with Gasteiger partial charge in [-0.25, -0.2) is 0 Å². The lowest BCUT2D eigenvalue weighted by Gasteiger charge is -2.10. The molecule has 0 radical (unpaired) electrons. The van der Waals surface area contributed by atoms with Crippen molar-refractivity contribution in [2.45, 2.75) is 33.1 Å². The molecule has 0 bridgehead atoms. The Morgan fingerprint density at radius 2 is 1.58 bits per heavy atom. The van der Waals surface area contributed by atoms with E-state index in [1.807, 2.05) is 62.4 Å². The standard InChI is InChI=1S/C20H24N2O2/c1-15-7-6-10-18(16(15)2)22-20(24)12-11-19(23)21-14-13-17-8-4-3-5-9-17/h3-10H,11-14H2,1-2H3,(H,21,23)(H,22,24). The van der Waals surface area contributed by atoms with Gasteiger partial charge in [0.15, 0.2) is 0 Å². The predicted molar refractivity (Wildman–Crippen MR) is 96.9 cm³/mol. The fraction of sp³-hybridized carbons (Fsp3) is 0.300. The van der Waals surface area contributed by atoms with E-state index in [9.17, 15) is 9.59 Å². The summed E-state index contributed by atoms with van der Waals surface area (Å²) in [6.07, 6.45) is 1.18. The van der Waals surface area contributed by atoms with Gasteiger partial charge in [0.25, 0.3) is 0 Å². The summed E-state index contributed by atoms with van der Waals surface area (Å²) in [7, 11) is 0. The van der Waals surface area contributed by atoms with Crippen LogP contribution in [0.2, 0.25) is 0 Å². The highest BCUT2D eigenvalue weighted by atomic mass is 16.2. The molecule has 0 aliphatic heterocycles. The minimum absolute atomic E-state index is 0.0953. The molecule has 0 aliphatic rings. The van der Waals surface area contributed by atoms with Crippen LogP contribution in [0.4, 0.5) is 5.69 Å². The fourth-order valence-corrected chi connectivity index (χ4v) is 2.41. The molecule has 2 rings (SSSR count). The number of anilines is 1. The summed E-state index contributed by atoms with van der Waals surface area (Å²) in [6, 6.07) is 15.8. The predicted octanol–water partition coefficient (Wildman–Crippen LogP) is 3.38. The monoisotopic (exact) mass is 324 g/mol. The van der Waals surface area contributed by atoms with Crippen molar-refractivity contribution in [3.05, 3.63) is 65.2 Å². The van der Waals surface area contributed by atoms with Crippen molar-refractivity contribution in [1.82, 2.24) is 5.32 Å². The Balaban J connectivity index is 1.69. The molecule has 4 nitrogen and oxygen atoms in total. The van der Waals surface area contributed by atoms with E-state index >= 15 is 0 Å². The summed E-state index contributed by atoms with van der Waals surface area (Å²) in [5.41, 5.74) is 4.18. The molecule has 0 unspecified atom stereocenters. The van der Waals surface area contributed by atoms with Crippen LogP contribution in [0.15, 0.2) is 48.5 Å². The normalized spacial score (nSPS) is 10.2. The van der Waals surface area contributed by atoms with Crippen LogP contribution in [0.25, 0.3) is 0 Å². The summed E-state index contributed by atoms with van der Waals surface area (Å²) in [6.45, 7) is 4.56. The summed E-state index contributed by atoms with van der Waals surface area (Å²) in [5.74, 6) is -0.232. The van der Waals surface area contributed by atoms with Crippen LogP contribution >= 0.6 is 0 Å². The lowest BCUT2D eigenvalue weighted by molar-refractivity contribution is -0.124. The molecule has 24 heavy (non-hydrogen) atoms. The maximum atomic E-state index is 12.0. The maximum absolute atomic E-state index is 12.0. The lowest BCUT2D eigenvalue weighted by Crippen LogP contribution is -2.26. The largest absolute Gasteiger partial charge is 0.356 e. The Hall–Kier alpha value is -2.62. The molecule has 2 N–H and O–H groups in total. The highest BCUT2D eigenvalue weighted by Crippen LogP contribution is 2.18. The minimum atomic E-state index is -0.137. The van der Waals surface area contributed by atoms with Crippen molar-refractivity contribution in [3.63, 3.8) is 0 Å². The van der Waals surface area contributed by atoms with Gasteiger partial charge in [0.2, 0.25) is 11.8 Å². The SMILES string of the molecule is Cc1cccc(NC(=O)CCC(=O)NCCc2ccccc2)c1C. The Kier molecular flexibility index (Phi) is 6.55. The van der Waals surface area contributed by atoms with E-state index in [0.29, 0.717) is 6.54 Å². The van der Waals surface area contributed by atoms with Crippen molar-refractivity contribution in [2.24, 2.45) is 0 Å². The number of benzene rings is 2. The van der Waals surface area contributed by atoms with Gasteiger partial charge in [-0.05, 0) is 43.0 Å². The van der Waals surface area contributed by atoms with Crippen LogP contribution in [0.5, 0.6) is 0 Å². The molecular weight excluding hydrogens is 300 g/mol. The number of aryl methyl sites for hydroxylation is 1. The van der Waals surface area contributed by atoms with Gasteiger partial charge in [-0.3, -0.25) is 9.59 Å². The molecule has 0 spiro atoms. The first kappa shape index (κ1) is 17.7. The van der Waals surface area contributed by atoms with Crippen molar-refractivity contribution in [3.8, 4) is 0 Å². The molecule has 0 aromatic heterocycles. The molecule has 2 aromatic carbocycles. The summed E-state index contributed by atoms with van der Waals surface area (Å²) < 4.78 is 0. The van der Waals surface area contributed by atoms with E-state index in [0.717, 1.165) is 23.2 Å². The molecule has 0 atom stereocenters. The third kappa shape index (κ3) is 5.54. The molecule has 126 valence electrons. The van der Waals surface area contributed by atoms with Gasteiger partial charge in [-0.2, -0.15) is 0 Å². The van der Waals surface area contributed by atoms with Crippen LogP contribution in [0.3, 0.4) is 0 Å². The molecular formula is C20H24N2O2. The fourth-order valence-electron chi connectivity index (χ4n) is 2.41.